The molecule has 0 spiro atoms. The summed E-state index contributed by atoms with van der Waals surface area (Å²) in [5.74, 6) is 0.467. The standard InChI is InChI=1S/C5H4N2O2/c8-5-3-7-4(6-5)1-2-9-7/h1-2H,3H2. The van der Waals surface area contributed by atoms with Crippen LogP contribution in [0, 0.1) is 0 Å². The fraction of sp³-hybridized carbons (Fsp3) is 0.200. The van der Waals surface area contributed by atoms with Crippen LogP contribution >= 0.6 is 0 Å². The molecule has 0 saturated heterocycles. The number of amidine groups is 1. The van der Waals surface area contributed by atoms with Gasteiger partial charge in [0.2, 0.25) is 0 Å². The smallest absolute Gasteiger partial charge is 0.270 e. The molecule has 0 unspecified atom stereocenters. The molecule has 0 fully saturated rings. The first-order chi connectivity index (χ1) is 4.36. The third-order valence-electron chi connectivity index (χ3n) is 1.18. The zero-order chi connectivity index (χ0) is 6.27. The van der Waals surface area contributed by atoms with Crippen LogP contribution in [0.15, 0.2) is 17.3 Å². The average molecular weight is 124 g/mol. The van der Waals surface area contributed by atoms with Gasteiger partial charge < -0.3 is 4.84 Å². The molecule has 4 heteroatoms. The highest BCUT2D eigenvalue weighted by Gasteiger charge is 2.25. The summed E-state index contributed by atoms with van der Waals surface area (Å²) in [4.78, 5) is 19.0. The van der Waals surface area contributed by atoms with E-state index in [-0.39, 0.29) is 12.5 Å². The Morgan fingerprint density at radius 1 is 1.78 bits per heavy atom. The van der Waals surface area contributed by atoms with E-state index in [1.165, 1.54) is 11.3 Å². The summed E-state index contributed by atoms with van der Waals surface area (Å²) in [7, 11) is 0. The maximum absolute atomic E-state index is 10.5. The number of fused-ring (bicyclic) bond motifs is 1. The van der Waals surface area contributed by atoms with Crippen molar-refractivity contribution in [1.82, 2.24) is 5.06 Å². The number of nitrogens with zero attached hydrogens (tertiary/aromatic N) is 2. The Balaban J connectivity index is 2.36. The van der Waals surface area contributed by atoms with Crippen molar-refractivity contribution in [3.8, 4) is 0 Å². The third-order valence-corrected chi connectivity index (χ3v) is 1.18. The Hall–Kier alpha value is -1.32. The van der Waals surface area contributed by atoms with Gasteiger partial charge in [0.05, 0.1) is 0 Å². The minimum Gasteiger partial charge on any atom is -0.385 e. The van der Waals surface area contributed by atoms with E-state index in [0.29, 0.717) is 5.84 Å². The van der Waals surface area contributed by atoms with Gasteiger partial charge in [-0.3, -0.25) is 4.79 Å². The van der Waals surface area contributed by atoms with Crippen LogP contribution < -0.4 is 0 Å². The molecule has 0 aromatic heterocycles. The van der Waals surface area contributed by atoms with Gasteiger partial charge in [-0.1, -0.05) is 0 Å². The topological polar surface area (TPSA) is 41.9 Å². The molecule has 0 radical (unpaired) electrons. The lowest BCUT2D eigenvalue weighted by Crippen LogP contribution is -2.21. The normalized spacial score (nSPS) is 22.0. The second-order valence-electron chi connectivity index (χ2n) is 1.81. The summed E-state index contributed by atoms with van der Waals surface area (Å²) in [6, 6.07) is 0. The Morgan fingerprint density at radius 3 is 3.44 bits per heavy atom. The molecular weight excluding hydrogens is 120 g/mol. The quantitative estimate of drug-likeness (QED) is 0.444. The van der Waals surface area contributed by atoms with Crippen LogP contribution in [0.4, 0.5) is 0 Å². The second-order valence-corrected chi connectivity index (χ2v) is 1.81. The lowest BCUT2D eigenvalue weighted by atomic mass is 10.6. The summed E-state index contributed by atoms with van der Waals surface area (Å²) in [5, 5.41) is 1.45. The Kier molecular flexibility index (Phi) is 0.677. The van der Waals surface area contributed by atoms with Crippen molar-refractivity contribution in [2.45, 2.75) is 0 Å². The molecule has 0 aromatic rings. The van der Waals surface area contributed by atoms with E-state index in [1.807, 2.05) is 0 Å². The zero-order valence-corrected chi connectivity index (χ0v) is 4.57. The Morgan fingerprint density at radius 2 is 2.67 bits per heavy atom. The first kappa shape index (κ1) is 4.55. The summed E-state index contributed by atoms with van der Waals surface area (Å²) in [6.45, 7) is 0.252. The maximum atomic E-state index is 10.5. The van der Waals surface area contributed by atoms with Gasteiger partial charge in [-0.15, -0.1) is 0 Å². The maximum Gasteiger partial charge on any atom is 0.270 e. The molecule has 0 saturated carbocycles. The number of hydroxylamine groups is 2. The molecule has 2 aliphatic rings. The fourth-order valence-electron chi connectivity index (χ4n) is 0.799. The molecule has 46 valence electrons. The monoisotopic (exact) mass is 124 g/mol. The fourth-order valence-corrected chi connectivity index (χ4v) is 0.799. The number of hydrogen-bond acceptors (Lipinski definition) is 3. The summed E-state index contributed by atoms with van der Waals surface area (Å²) >= 11 is 0. The van der Waals surface area contributed by atoms with Gasteiger partial charge in [-0.2, -0.15) is 10.1 Å². The highest BCUT2D eigenvalue weighted by Crippen LogP contribution is 2.10. The molecular formula is C5H4N2O2. The van der Waals surface area contributed by atoms with E-state index in [2.05, 4.69) is 4.99 Å². The van der Waals surface area contributed by atoms with Gasteiger partial charge in [0.1, 0.15) is 12.8 Å². The number of carbonyl (C=O) groups is 1. The number of aliphatic imine (C=N–C) groups is 1. The minimum absolute atomic E-state index is 0.144. The lowest BCUT2D eigenvalue weighted by Gasteiger charge is -2.06. The molecule has 4 nitrogen and oxygen atoms in total. The molecule has 0 bridgehead atoms. The van der Waals surface area contributed by atoms with Crippen molar-refractivity contribution >= 4 is 11.7 Å². The van der Waals surface area contributed by atoms with Gasteiger partial charge in [-0.25, -0.2) is 0 Å². The molecule has 0 aromatic carbocycles. The van der Waals surface area contributed by atoms with Gasteiger partial charge in [-0.05, 0) is 0 Å². The highest BCUT2D eigenvalue weighted by atomic mass is 16.7. The number of rotatable bonds is 0. The van der Waals surface area contributed by atoms with Gasteiger partial charge in [0.25, 0.3) is 5.91 Å². The van der Waals surface area contributed by atoms with Crippen molar-refractivity contribution in [2.24, 2.45) is 4.99 Å². The van der Waals surface area contributed by atoms with E-state index in [0.717, 1.165) is 0 Å². The van der Waals surface area contributed by atoms with Crippen molar-refractivity contribution in [1.29, 1.82) is 0 Å². The number of hydrogen-bond donors (Lipinski definition) is 0. The molecule has 0 atom stereocenters. The van der Waals surface area contributed by atoms with Gasteiger partial charge >= 0.3 is 0 Å². The van der Waals surface area contributed by atoms with Crippen molar-refractivity contribution in [3.63, 3.8) is 0 Å². The Labute approximate surface area is 51.4 Å². The first-order valence-electron chi connectivity index (χ1n) is 2.59. The third kappa shape index (κ3) is 0.526. The van der Waals surface area contributed by atoms with Crippen LogP contribution in [0.25, 0.3) is 0 Å². The van der Waals surface area contributed by atoms with E-state index < -0.39 is 0 Å². The average Bonchev–Trinajstić information content (AvgIpc) is 2.22. The first-order valence-corrected chi connectivity index (χ1v) is 2.59. The number of carbonyl (C=O) groups excluding carboxylic acids is 1. The van der Waals surface area contributed by atoms with Crippen LogP contribution in [-0.4, -0.2) is 23.4 Å². The summed E-state index contributed by atoms with van der Waals surface area (Å²) < 4.78 is 0. The molecule has 2 aliphatic heterocycles. The van der Waals surface area contributed by atoms with Crippen LogP contribution in [0.2, 0.25) is 0 Å². The molecule has 2 rings (SSSR count). The SMILES string of the molecule is O=C1CN2OC=CC2=N1. The van der Waals surface area contributed by atoms with Gasteiger partial charge in [0.15, 0.2) is 5.84 Å². The van der Waals surface area contributed by atoms with E-state index in [4.69, 9.17) is 4.84 Å². The van der Waals surface area contributed by atoms with Gasteiger partial charge in [0, 0.05) is 6.08 Å². The second kappa shape index (κ2) is 1.34. The van der Waals surface area contributed by atoms with Crippen LogP contribution in [0.3, 0.4) is 0 Å². The molecule has 0 N–H and O–H groups in total. The predicted molar refractivity (Wildman–Crippen MR) is 29.4 cm³/mol. The molecule has 0 aliphatic carbocycles. The van der Waals surface area contributed by atoms with Crippen molar-refractivity contribution < 1.29 is 9.63 Å². The van der Waals surface area contributed by atoms with Crippen LogP contribution in [0.1, 0.15) is 0 Å². The Bertz CT molecular complexity index is 219. The van der Waals surface area contributed by atoms with Crippen molar-refractivity contribution in [2.75, 3.05) is 6.54 Å². The molecule has 2 heterocycles. The van der Waals surface area contributed by atoms with Crippen molar-refractivity contribution in [3.05, 3.63) is 12.3 Å². The highest BCUT2D eigenvalue weighted by molar-refractivity contribution is 6.07. The predicted octanol–water partition coefficient (Wildman–Crippen LogP) is -0.314. The summed E-state index contributed by atoms with van der Waals surface area (Å²) in [5.41, 5.74) is 0. The largest absolute Gasteiger partial charge is 0.385 e. The summed E-state index contributed by atoms with van der Waals surface area (Å²) in [6.07, 6.45) is 3.16. The lowest BCUT2D eigenvalue weighted by molar-refractivity contribution is -0.121. The van der Waals surface area contributed by atoms with Crippen LogP contribution in [0.5, 0.6) is 0 Å². The zero-order valence-electron chi connectivity index (χ0n) is 4.57. The van der Waals surface area contributed by atoms with E-state index >= 15 is 0 Å². The van der Waals surface area contributed by atoms with E-state index in [9.17, 15) is 4.79 Å². The number of amides is 1. The molecule has 9 heavy (non-hydrogen) atoms. The minimum atomic E-state index is -0.144. The van der Waals surface area contributed by atoms with Crippen LogP contribution in [-0.2, 0) is 9.63 Å². The van der Waals surface area contributed by atoms with E-state index in [1.54, 1.807) is 6.08 Å². The molecule has 1 amide bonds.